The zero-order chi connectivity index (χ0) is 11.4. The van der Waals surface area contributed by atoms with Crippen LogP contribution < -0.4 is 11.3 Å². The van der Waals surface area contributed by atoms with E-state index >= 15 is 0 Å². The van der Waals surface area contributed by atoms with Gasteiger partial charge in [0.1, 0.15) is 5.76 Å². The van der Waals surface area contributed by atoms with Gasteiger partial charge in [0.15, 0.2) is 5.76 Å². The number of carbonyl (C=O) groups is 1. The summed E-state index contributed by atoms with van der Waals surface area (Å²) in [6.07, 6.45) is 5.30. The minimum atomic E-state index is -0.378. The van der Waals surface area contributed by atoms with E-state index in [2.05, 4.69) is 5.43 Å². The fourth-order valence-electron chi connectivity index (χ4n) is 1.90. The van der Waals surface area contributed by atoms with Crippen LogP contribution >= 0.6 is 11.8 Å². The van der Waals surface area contributed by atoms with Gasteiger partial charge in [-0.15, -0.1) is 0 Å². The summed E-state index contributed by atoms with van der Waals surface area (Å²) in [7, 11) is 0. The van der Waals surface area contributed by atoms with Crippen molar-refractivity contribution in [2.45, 2.75) is 36.7 Å². The number of hydrazine groups is 1. The molecule has 0 saturated heterocycles. The fourth-order valence-corrected chi connectivity index (χ4v) is 3.13. The minimum absolute atomic E-state index is 0.282. The molecule has 2 rings (SSSR count). The summed E-state index contributed by atoms with van der Waals surface area (Å²) >= 11 is 1.91. The van der Waals surface area contributed by atoms with E-state index in [1.807, 2.05) is 17.8 Å². The molecule has 4 nitrogen and oxygen atoms in total. The van der Waals surface area contributed by atoms with Crippen molar-refractivity contribution in [1.29, 1.82) is 0 Å². The van der Waals surface area contributed by atoms with Gasteiger partial charge in [0.05, 0.1) is 5.75 Å². The van der Waals surface area contributed by atoms with E-state index in [4.69, 9.17) is 10.3 Å². The molecule has 0 aliphatic heterocycles. The van der Waals surface area contributed by atoms with Gasteiger partial charge in [-0.25, -0.2) is 5.84 Å². The van der Waals surface area contributed by atoms with Crippen LogP contribution in [-0.2, 0) is 5.75 Å². The van der Waals surface area contributed by atoms with E-state index < -0.39 is 0 Å². The van der Waals surface area contributed by atoms with E-state index in [-0.39, 0.29) is 11.7 Å². The molecule has 0 unspecified atom stereocenters. The number of amides is 1. The lowest BCUT2D eigenvalue weighted by Gasteiger charge is -2.06. The molecule has 0 spiro atoms. The Kier molecular flexibility index (Phi) is 3.90. The molecule has 1 aromatic heterocycles. The van der Waals surface area contributed by atoms with Crippen LogP contribution in [0.25, 0.3) is 0 Å². The number of hydrogen-bond donors (Lipinski definition) is 2. The third kappa shape index (κ3) is 2.80. The maximum Gasteiger partial charge on any atom is 0.300 e. The Bertz CT molecular complexity index is 359. The molecule has 88 valence electrons. The summed E-state index contributed by atoms with van der Waals surface area (Å²) in [5.41, 5.74) is 2.05. The van der Waals surface area contributed by atoms with Gasteiger partial charge in [0.25, 0.3) is 0 Å². The maximum absolute atomic E-state index is 11.2. The van der Waals surface area contributed by atoms with Gasteiger partial charge in [0.2, 0.25) is 0 Å². The van der Waals surface area contributed by atoms with Gasteiger partial charge in [-0.3, -0.25) is 10.2 Å². The monoisotopic (exact) mass is 240 g/mol. The molecule has 1 saturated carbocycles. The summed E-state index contributed by atoms with van der Waals surface area (Å²) in [6.45, 7) is 0. The Labute approximate surface area is 98.9 Å². The van der Waals surface area contributed by atoms with Crippen molar-refractivity contribution in [1.82, 2.24) is 5.43 Å². The SMILES string of the molecule is NNC(=O)c1ccc(CSC2CCCC2)o1. The van der Waals surface area contributed by atoms with Crippen molar-refractivity contribution in [3.05, 3.63) is 23.7 Å². The quantitative estimate of drug-likeness (QED) is 0.480. The van der Waals surface area contributed by atoms with Crippen LogP contribution in [0.2, 0.25) is 0 Å². The predicted octanol–water partition coefficient (Wildman–Crippen LogP) is 2.06. The third-order valence-electron chi connectivity index (χ3n) is 2.78. The van der Waals surface area contributed by atoms with E-state index in [9.17, 15) is 4.79 Å². The highest BCUT2D eigenvalue weighted by molar-refractivity contribution is 7.99. The number of hydrogen-bond acceptors (Lipinski definition) is 4. The Morgan fingerprint density at radius 1 is 1.50 bits per heavy atom. The first kappa shape index (κ1) is 11.5. The van der Waals surface area contributed by atoms with Crippen molar-refractivity contribution < 1.29 is 9.21 Å². The molecule has 0 radical (unpaired) electrons. The highest BCUT2D eigenvalue weighted by atomic mass is 32.2. The molecule has 0 aromatic carbocycles. The van der Waals surface area contributed by atoms with Gasteiger partial charge >= 0.3 is 5.91 Å². The molecular weight excluding hydrogens is 224 g/mol. The number of carbonyl (C=O) groups excluding carboxylic acids is 1. The predicted molar refractivity (Wildman–Crippen MR) is 63.9 cm³/mol. The standard InChI is InChI=1S/C11H16N2O2S/c12-13-11(14)10-6-5-8(15-10)7-16-9-3-1-2-4-9/h5-6,9H,1-4,7,12H2,(H,13,14). The van der Waals surface area contributed by atoms with Gasteiger partial charge < -0.3 is 4.42 Å². The van der Waals surface area contributed by atoms with E-state index in [0.717, 1.165) is 16.8 Å². The van der Waals surface area contributed by atoms with E-state index in [1.165, 1.54) is 25.7 Å². The van der Waals surface area contributed by atoms with Crippen molar-refractivity contribution in [3.63, 3.8) is 0 Å². The number of nitrogens with two attached hydrogens (primary N) is 1. The molecule has 1 aliphatic carbocycles. The summed E-state index contributed by atoms with van der Waals surface area (Å²) in [5, 5.41) is 0.761. The smallest absolute Gasteiger partial charge is 0.300 e. The van der Waals surface area contributed by atoms with Crippen LogP contribution in [0.5, 0.6) is 0 Å². The topological polar surface area (TPSA) is 68.3 Å². The van der Waals surface area contributed by atoms with Gasteiger partial charge in [-0.1, -0.05) is 12.8 Å². The third-order valence-corrected chi connectivity index (χ3v) is 4.17. The first-order valence-electron chi connectivity index (χ1n) is 5.51. The summed E-state index contributed by atoms with van der Waals surface area (Å²) in [6, 6.07) is 3.50. The number of nitrogens with one attached hydrogen (secondary N) is 1. The molecule has 1 aromatic rings. The van der Waals surface area contributed by atoms with E-state index in [1.54, 1.807) is 6.07 Å². The van der Waals surface area contributed by atoms with Gasteiger partial charge in [-0.2, -0.15) is 11.8 Å². The molecule has 1 heterocycles. The normalized spacial score (nSPS) is 16.6. The minimum Gasteiger partial charge on any atom is -0.455 e. The van der Waals surface area contributed by atoms with Gasteiger partial charge in [-0.05, 0) is 25.0 Å². The zero-order valence-electron chi connectivity index (χ0n) is 9.07. The maximum atomic E-state index is 11.2. The van der Waals surface area contributed by atoms with Crippen LogP contribution in [0.4, 0.5) is 0 Å². The first-order valence-corrected chi connectivity index (χ1v) is 6.55. The van der Waals surface area contributed by atoms with Crippen molar-refractivity contribution >= 4 is 17.7 Å². The molecular formula is C11H16N2O2S. The van der Waals surface area contributed by atoms with E-state index in [0.29, 0.717) is 0 Å². The Hall–Kier alpha value is -0.940. The highest BCUT2D eigenvalue weighted by Gasteiger charge is 2.16. The lowest BCUT2D eigenvalue weighted by molar-refractivity contribution is 0.0924. The molecule has 0 atom stereocenters. The van der Waals surface area contributed by atoms with Crippen molar-refractivity contribution in [3.8, 4) is 0 Å². The van der Waals surface area contributed by atoms with Crippen LogP contribution in [0.1, 0.15) is 42.0 Å². The zero-order valence-corrected chi connectivity index (χ0v) is 9.89. The number of furan rings is 1. The number of rotatable bonds is 4. The van der Waals surface area contributed by atoms with Crippen molar-refractivity contribution in [2.24, 2.45) is 5.84 Å². The van der Waals surface area contributed by atoms with Gasteiger partial charge in [0, 0.05) is 5.25 Å². The molecule has 3 N–H and O–H groups in total. The second-order valence-electron chi connectivity index (χ2n) is 3.96. The Morgan fingerprint density at radius 3 is 2.94 bits per heavy atom. The lowest BCUT2D eigenvalue weighted by atomic mass is 10.4. The largest absolute Gasteiger partial charge is 0.455 e. The number of thioether (sulfide) groups is 1. The molecule has 1 fully saturated rings. The molecule has 0 bridgehead atoms. The van der Waals surface area contributed by atoms with Crippen LogP contribution in [-0.4, -0.2) is 11.2 Å². The lowest BCUT2D eigenvalue weighted by Crippen LogP contribution is -2.29. The molecule has 16 heavy (non-hydrogen) atoms. The van der Waals surface area contributed by atoms with Crippen LogP contribution in [0.15, 0.2) is 16.5 Å². The first-order chi connectivity index (χ1) is 7.79. The second-order valence-corrected chi connectivity index (χ2v) is 5.25. The second kappa shape index (κ2) is 5.41. The Morgan fingerprint density at radius 2 is 2.25 bits per heavy atom. The average molecular weight is 240 g/mol. The molecule has 1 aliphatic rings. The van der Waals surface area contributed by atoms with Crippen molar-refractivity contribution in [2.75, 3.05) is 0 Å². The highest BCUT2D eigenvalue weighted by Crippen LogP contribution is 2.31. The summed E-state index contributed by atoms with van der Waals surface area (Å²) in [4.78, 5) is 11.2. The number of nitrogen functional groups attached to an aromatic ring is 1. The average Bonchev–Trinajstić information content (AvgIpc) is 2.96. The van der Waals surface area contributed by atoms with Crippen LogP contribution in [0.3, 0.4) is 0 Å². The van der Waals surface area contributed by atoms with Crippen LogP contribution in [0, 0.1) is 0 Å². The molecule has 1 amide bonds. The Balaban J connectivity index is 1.85. The fraction of sp³-hybridized carbons (Fsp3) is 0.545. The molecule has 5 heteroatoms. The summed E-state index contributed by atoms with van der Waals surface area (Å²) in [5.74, 6) is 6.61. The summed E-state index contributed by atoms with van der Waals surface area (Å²) < 4.78 is 5.38.